The van der Waals surface area contributed by atoms with E-state index in [1.165, 1.54) is 19.1 Å². The van der Waals surface area contributed by atoms with E-state index >= 15 is 0 Å². The Bertz CT molecular complexity index is 2650. The quantitative estimate of drug-likeness (QED) is 0.0800. The normalized spacial score (nSPS) is 37.1. The van der Waals surface area contributed by atoms with Gasteiger partial charge >= 0.3 is 11.9 Å². The van der Waals surface area contributed by atoms with Gasteiger partial charge in [-0.05, 0) is 40.2 Å². The van der Waals surface area contributed by atoms with Gasteiger partial charge in [0.05, 0.1) is 105 Å². The molecule has 27 atom stereocenters. The van der Waals surface area contributed by atoms with Crippen LogP contribution in [0.3, 0.4) is 0 Å². The monoisotopic (exact) mass is 1370 g/mol. The summed E-state index contributed by atoms with van der Waals surface area (Å²) in [5, 5.41) is 193. The summed E-state index contributed by atoms with van der Waals surface area (Å²) >= 11 is 0. The summed E-state index contributed by atoms with van der Waals surface area (Å²) in [7, 11) is 1.57. The van der Waals surface area contributed by atoms with Gasteiger partial charge in [0.15, 0.2) is 24.2 Å². The van der Waals surface area contributed by atoms with Crippen LogP contribution in [0.5, 0.6) is 0 Å². The van der Waals surface area contributed by atoms with Gasteiger partial charge in [0.1, 0.15) is 54.7 Å². The number of Topliss-reactive ketones (excluding diaryl/α,β-unsaturated/α-hetero) is 1. The second-order valence-electron chi connectivity index (χ2n) is 24.9. The first kappa shape index (κ1) is 83.5. The standard InChI is InChI=1S/C60H87NO22.C7H17NO5/c1-34-20-16-13-11-9-7-5-6-8-10-12-14-19-23-42(81-59-55(74)51(53(72)37(4)80-59)61-32-46(68)54(73)56-47(69)33-78-58(82-56)38-21-17-15-18-22-38)29-48-50(57(75)76)45(67)31-60(77,83-48)30-41(64)27-44(66)43(65)25-24-39(62)26-40(63)28-49(70)79-36(3)35(2)52(34)71;1-8-2-4(10)6(12)7(13)5(11)3-9/h5-23,34-37,39-45,47-48,50-56,58-59,61-67,69,71-74,77H,24-33H2,1-4H3,(H,75,76);4-13H,2-3H2,1H3/t;4-,5+,6+,7+/m.0/s1. The van der Waals surface area contributed by atoms with Crippen LogP contribution in [-0.4, -0.2) is 283 Å². The maximum absolute atomic E-state index is 13.4. The van der Waals surface area contributed by atoms with Crippen LogP contribution in [0.2, 0.25) is 0 Å². The second-order valence-corrected chi connectivity index (χ2v) is 24.9. The number of nitrogens with one attached hydrogen (secondary N) is 2. The minimum absolute atomic E-state index is 0.0936. The van der Waals surface area contributed by atoms with Crippen molar-refractivity contribution in [2.45, 2.75) is 226 Å². The lowest BCUT2D eigenvalue weighted by Crippen LogP contribution is -2.64. The Labute approximate surface area is 558 Å². The Kier molecular flexibility index (Phi) is 36.7. The smallest absolute Gasteiger partial charge is 0.311 e. The van der Waals surface area contributed by atoms with Crippen molar-refractivity contribution in [2.75, 3.05) is 33.4 Å². The molecule has 2 bridgehead atoms. The number of allylic oxidation sites excluding steroid dienone is 12. The molecule has 1 aromatic carbocycles. The van der Waals surface area contributed by atoms with Crippen LogP contribution in [-0.2, 0) is 42.8 Å². The number of hydrogen-bond acceptors (Lipinski definition) is 28. The highest BCUT2D eigenvalue weighted by atomic mass is 16.7. The molecule has 1 aromatic rings. The Balaban J connectivity index is 0.00000135. The average Bonchev–Trinajstić information content (AvgIpc) is 0.830. The van der Waals surface area contributed by atoms with Gasteiger partial charge < -0.3 is 131 Å². The number of cyclic esters (lactones) is 1. The van der Waals surface area contributed by atoms with Gasteiger partial charge in [-0.3, -0.25) is 14.4 Å². The average molecular weight is 1370 g/mol. The number of carbonyl (C=O) groups excluding carboxylic acids is 2. The van der Waals surface area contributed by atoms with E-state index in [9.17, 15) is 85.9 Å². The first-order valence-electron chi connectivity index (χ1n) is 32.3. The van der Waals surface area contributed by atoms with Crippen LogP contribution in [0.1, 0.15) is 90.9 Å². The number of rotatable bonds is 15. The number of ketones is 1. The summed E-state index contributed by atoms with van der Waals surface area (Å²) in [6.07, 6.45) is -10.4. The molecule has 544 valence electrons. The first-order valence-corrected chi connectivity index (χ1v) is 32.3. The Morgan fingerprint density at radius 1 is 0.656 bits per heavy atom. The van der Waals surface area contributed by atoms with Crippen molar-refractivity contribution in [2.24, 2.45) is 17.8 Å². The minimum Gasteiger partial charge on any atom is -0.481 e. The summed E-state index contributed by atoms with van der Waals surface area (Å²) in [5.41, 5.74) is 0.582. The van der Waals surface area contributed by atoms with Crippen molar-refractivity contribution in [3.63, 3.8) is 0 Å². The maximum Gasteiger partial charge on any atom is 0.311 e. The highest BCUT2D eigenvalue weighted by Crippen LogP contribution is 2.39. The summed E-state index contributed by atoms with van der Waals surface area (Å²) in [6, 6.07) is 7.32. The molecule has 20 N–H and O–H groups in total. The molecule has 29 nitrogen and oxygen atoms in total. The molecule has 4 heterocycles. The predicted molar refractivity (Wildman–Crippen MR) is 343 cm³/mol. The SMILES string of the molecule is CC1C=CC=CC=CC=CC=CC=CC=CC(OC2OC(C)C(O)C(NCC(=O)C(O)C3OC(c4ccccc4)OCC3O)C2O)CC2OC(O)(CC(O)CC(O)C(O)CCC(O)CC(O)CC(=O)OC(C)C(C)C1O)CC(O)C2C(=O)O.CNC[C@H](O)[C@@H](O)[C@H](O)[C@H](O)CO. The number of hydrogen-bond donors (Lipinski definition) is 20. The van der Waals surface area contributed by atoms with Gasteiger partial charge in [-0.25, -0.2) is 0 Å². The molecular formula is C67H104N2O27. The lowest BCUT2D eigenvalue weighted by molar-refractivity contribution is -0.309. The zero-order valence-electron chi connectivity index (χ0n) is 54.7. The Hall–Kier alpha value is -4.95. The highest BCUT2D eigenvalue weighted by molar-refractivity contribution is 5.85. The molecule has 0 spiro atoms. The van der Waals surface area contributed by atoms with E-state index in [0.717, 1.165) is 0 Å². The molecule has 0 aliphatic carbocycles. The van der Waals surface area contributed by atoms with Crippen molar-refractivity contribution in [3.8, 4) is 0 Å². The Morgan fingerprint density at radius 3 is 1.84 bits per heavy atom. The number of carboxylic acids is 1. The third kappa shape index (κ3) is 27.3. The van der Waals surface area contributed by atoms with Crippen molar-refractivity contribution in [3.05, 3.63) is 121 Å². The van der Waals surface area contributed by atoms with Crippen LogP contribution in [0.4, 0.5) is 0 Å². The molecule has 4 aliphatic heterocycles. The molecule has 3 saturated heterocycles. The highest BCUT2D eigenvalue weighted by Gasteiger charge is 2.52. The zero-order chi connectivity index (χ0) is 71.4. The molecule has 4 aliphatic rings. The fraction of sp³-hybridized carbons (Fsp3) is 0.657. The molecule has 0 saturated carbocycles. The molecule has 5 rings (SSSR count). The van der Waals surface area contributed by atoms with Gasteiger partial charge in [-0.1, -0.05) is 129 Å². The van der Waals surface area contributed by atoms with E-state index in [4.69, 9.17) is 48.8 Å². The molecular weight excluding hydrogens is 1260 g/mol. The second kappa shape index (κ2) is 42.2. The number of benzene rings is 1. The fourth-order valence-corrected chi connectivity index (χ4v) is 11.2. The number of carbonyl (C=O) groups is 3. The van der Waals surface area contributed by atoms with Crippen molar-refractivity contribution in [1.82, 2.24) is 10.6 Å². The van der Waals surface area contributed by atoms with Crippen LogP contribution >= 0.6 is 0 Å². The topological polar surface area (TPSA) is 495 Å². The van der Waals surface area contributed by atoms with Gasteiger partial charge in [0.2, 0.25) is 0 Å². The molecule has 0 amide bonds. The lowest BCUT2D eigenvalue weighted by Gasteiger charge is -2.45. The van der Waals surface area contributed by atoms with Crippen molar-refractivity contribution < 1.29 is 135 Å². The molecule has 0 radical (unpaired) electrons. The van der Waals surface area contributed by atoms with Gasteiger partial charge in [-0.15, -0.1) is 0 Å². The number of aliphatic carboxylic acids is 1. The largest absolute Gasteiger partial charge is 0.481 e. The number of likely N-dealkylation sites (N-methyl/N-ethyl adjacent to an activating group) is 1. The number of fused-ring (bicyclic) bond motifs is 2. The summed E-state index contributed by atoms with van der Waals surface area (Å²) in [5.74, 6) is -8.04. The predicted octanol–water partition coefficient (Wildman–Crippen LogP) is -2.61. The minimum atomic E-state index is -2.42. The molecule has 96 heavy (non-hydrogen) atoms. The molecule has 23 unspecified atom stereocenters. The van der Waals surface area contributed by atoms with Crippen LogP contribution in [0.25, 0.3) is 0 Å². The van der Waals surface area contributed by atoms with Crippen LogP contribution in [0.15, 0.2) is 115 Å². The number of ether oxygens (including phenoxy) is 6. The van der Waals surface area contributed by atoms with E-state index < -0.39 is 221 Å². The molecule has 0 aromatic heterocycles. The number of aliphatic hydroxyl groups is 17. The van der Waals surface area contributed by atoms with Crippen molar-refractivity contribution in [1.29, 1.82) is 0 Å². The van der Waals surface area contributed by atoms with Gasteiger partial charge in [-0.2, -0.15) is 0 Å². The van der Waals surface area contributed by atoms with E-state index in [-0.39, 0.29) is 38.3 Å². The first-order chi connectivity index (χ1) is 45.4. The Morgan fingerprint density at radius 2 is 1.25 bits per heavy atom. The maximum atomic E-state index is 13.4. The zero-order valence-corrected chi connectivity index (χ0v) is 54.7. The van der Waals surface area contributed by atoms with E-state index in [1.807, 2.05) is 6.92 Å². The van der Waals surface area contributed by atoms with Crippen molar-refractivity contribution >= 4 is 17.7 Å². The van der Waals surface area contributed by atoms with E-state index in [1.54, 1.807) is 124 Å². The van der Waals surface area contributed by atoms with Crippen LogP contribution in [0, 0.1) is 17.8 Å². The summed E-state index contributed by atoms with van der Waals surface area (Å²) < 4.78 is 35.0. The van der Waals surface area contributed by atoms with Crippen LogP contribution < -0.4 is 10.6 Å². The van der Waals surface area contributed by atoms with E-state index in [0.29, 0.717) is 5.56 Å². The van der Waals surface area contributed by atoms with Gasteiger partial charge in [0, 0.05) is 49.6 Å². The number of aliphatic hydroxyl groups excluding tert-OH is 16. The van der Waals surface area contributed by atoms with Gasteiger partial charge in [0.25, 0.3) is 0 Å². The fourth-order valence-electron chi connectivity index (χ4n) is 11.2. The number of esters is 1. The lowest BCUT2D eigenvalue weighted by atomic mass is 9.82. The third-order valence-corrected chi connectivity index (χ3v) is 17.0. The summed E-state index contributed by atoms with van der Waals surface area (Å²) in [6.45, 7) is 5.18. The number of carboxylic acid groups (broad SMARTS) is 1. The van der Waals surface area contributed by atoms with E-state index in [2.05, 4.69) is 10.6 Å². The molecule has 29 heteroatoms. The third-order valence-electron chi connectivity index (χ3n) is 17.0. The summed E-state index contributed by atoms with van der Waals surface area (Å²) in [4.78, 5) is 38.9. The molecule has 3 fully saturated rings.